The zero-order valence-electron chi connectivity index (χ0n) is 21.8. The number of nitro groups is 1. The molecule has 202 valence electrons. The minimum absolute atomic E-state index is 0.0122. The number of nitrogens with zero attached hydrogens (tertiary/aromatic N) is 5. The summed E-state index contributed by atoms with van der Waals surface area (Å²) in [5.74, 6) is -0.512. The Hall–Kier alpha value is -3.96. The maximum Gasteiger partial charge on any atom is 0.338 e. The second-order valence-corrected chi connectivity index (χ2v) is 10.5. The monoisotopic (exact) mass is 547 g/mol. The Kier molecular flexibility index (Phi) is 7.80. The molecule has 1 unspecified atom stereocenters. The summed E-state index contributed by atoms with van der Waals surface area (Å²) in [7, 11) is 2.04. The fourth-order valence-corrected chi connectivity index (χ4v) is 5.81. The molecule has 0 aromatic heterocycles. The molecule has 5 rings (SSSR count). The van der Waals surface area contributed by atoms with E-state index in [1.54, 1.807) is 19.1 Å². The summed E-state index contributed by atoms with van der Waals surface area (Å²) in [4.78, 5) is 48.3. The maximum absolute atomic E-state index is 13.5. The standard InChI is InChI=1S/C28H29N5O5S/c1-19-25(27(35)38-17-20-6-4-3-5-7-20)26(21-8-10-22(11-9-21)33(36)37)32-23(18-39-28(32)29-19)16-24(34)31-14-12-30(2)13-15-31/h3-11,18,26H,12-17H2,1-2H3. The molecule has 2 aromatic rings. The van der Waals surface area contributed by atoms with Crippen LogP contribution in [-0.2, 0) is 20.9 Å². The average Bonchev–Trinajstić information content (AvgIpc) is 3.33. The lowest BCUT2D eigenvalue weighted by Crippen LogP contribution is -2.47. The van der Waals surface area contributed by atoms with E-state index in [1.165, 1.54) is 23.9 Å². The summed E-state index contributed by atoms with van der Waals surface area (Å²) in [5.41, 5.74) is 3.05. The van der Waals surface area contributed by atoms with Crippen molar-refractivity contribution in [2.75, 3.05) is 33.2 Å². The normalized spacial score (nSPS) is 19.4. The molecule has 0 saturated carbocycles. The highest BCUT2D eigenvalue weighted by atomic mass is 32.2. The number of allylic oxidation sites excluding steroid dienone is 1. The van der Waals surface area contributed by atoms with Crippen LogP contribution in [0.1, 0.15) is 30.5 Å². The lowest BCUT2D eigenvalue weighted by Gasteiger charge is -2.37. The van der Waals surface area contributed by atoms with Gasteiger partial charge in [0.15, 0.2) is 5.17 Å². The van der Waals surface area contributed by atoms with Crippen molar-refractivity contribution in [2.24, 2.45) is 4.99 Å². The second-order valence-electron chi connectivity index (χ2n) is 9.66. The topological polar surface area (TPSA) is 109 Å². The van der Waals surface area contributed by atoms with Crippen molar-refractivity contribution >= 4 is 34.5 Å². The van der Waals surface area contributed by atoms with Crippen molar-refractivity contribution in [3.05, 3.63) is 98.2 Å². The molecule has 0 radical (unpaired) electrons. The summed E-state index contributed by atoms with van der Waals surface area (Å²) < 4.78 is 5.71. The average molecular weight is 548 g/mol. The number of benzene rings is 2. The number of amides is 1. The number of likely N-dealkylation sites (N-methyl/N-ethyl adjacent to an activating group) is 1. The maximum atomic E-state index is 13.5. The van der Waals surface area contributed by atoms with Crippen LogP contribution in [0.2, 0.25) is 0 Å². The Morgan fingerprint density at radius 3 is 2.44 bits per heavy atom. The van der Waals surface area contributed by atoms with Crippen molar-refractivity contribution in [3.8, 4) is 0 Å². The van der Waals surface area contributed by atoms with Crippen LogP contribution in [0.5, 0.6) is 0 Å². The molecule has 11 heteroatoms. The van der Waals surface area contributed by atoms with Gasteiger partial charge in [0.05, 0.1) is 28.7 Å². The molecule has 39 heavy (non-hydrogen) atoms. The van der Waals surface area contributed by atoms with Crippen LogP contribution in [0.4, 0.5) is 5.69 Å². The summed E-state index contributed by atoms with van der Waals surface area (Å²) in [5, 5.41) is 13.8. The largest absolute Gasteiger partial charge is 0.457 e. The van der Waals surface area contributed by atoms with E-state index in [9.17, 15) is 19.7 Å². The van der Waals surface area contributed by atoms with Gasteiger partial charge in [-0.2, -0.15) is 0 Å². The fraction of sp³-hybridized carbons (Fsp3) is 0.321. The molecule has 1 saturated heterocycles. The van der Waals surface area contributed by atoms with Crippen molar-refractivity contribution < 1.29 is 19.2 Å². The SMILES string of the molecule is CC1=C(C(=O)OCc2ccccc2)C(c2ccc([N+](=O)[O-])cc2)N2C(CC(=O)N3CCN(C)CC3)=CSC2=N1. The minimum Gasteiger partial charge on any atom is -0.457 e. The zero-order valence-corrected chi connectivity index (χ0v) is 22.6. The molecule has 0 N–H and O–H groups in total. The highest BCUT2D eigenvalue weighted by Gasteiger charge is 2.41. The number of esters is 1. The summed E-state index contributed by atoms with van der Waals surface area (Å²) >= 11 is 1.40. The predicted molar refractivity (Wildman–Crippen MR) is 148 cm³/mol. The number of piperazine rings is 1. The highest BCUT2D eigenvalue weighted by Crippen LogP contribution is 2.45. The molecule has 1 atom stereocenters. The van der Waals surface area contributed by atoms with E-state index in [1.807, 2.05) is 52.6 Å². The number of hydrogen-bond acceptors (Lipinski definition) is 9. The molecule has 3 aliphatic heterocycles. The molecule has 3 heterocycles. The number of non-ortho nitro benzene ring substituents is 1. The highest BCUT2D eigenvalue weighted by molar-refractivity contribution is 8.16. The lowest BCUT2D eigenvalue weighted by molar-refractivity contribution is -0.384. The molecule has 2 aromatic carbocycles. The number of carbonyl (C=O) groups is 2. The van der Waals surface area contributed by atoms with Crippen molar-refractivity contribution in [3.63, 3.8) is 0 Å². The number of aliphatic imine (C=N–C) groups is 1. The van der Waals surface area contributed by atoms with Crippen LogP contribution in [0.15, 0.2) is 82.0 Å². The summed E-state index contributed by atoms with van der Waals surface area (Å²) in [6.07, 6.45) is 0.157. The van der Waals surface area contributed by atoms with Gasteiger partial charge in [-0.25, -0.2) is 9.79 Å². The van der Waals surface area contributed by atoms with Gasteiger partial charge in [0.2, 0.25) is 5.91 Å². The van der Waals surface area contributed by atoms with Gasteiger partial charge in [-0.15, -0.1) is 0 Å². The van der Waals surface area contributed by atoms with Gasteiger partial charge in [0, 0.05) is 44.0 Å². The summed E-state index contributed by atoms with van der Waals surface area (Å²) in [6, 6.07) is 14.9. The zero-order chi connectivity index (χ0) is 27.5. The third-order valence-corrected chi connectivity index (χ3v) is 7.93. The first-order chi connectivity index (χ1) is 18.8. The minimum atomic E-state index is -0.650. The van der Waals surface area contributed by atoms with Crippen molar-refractivity contribution in [1.29, 1.82) is 0 Å². The van der Waals surface area contributed by atoms with E-state index < -0.39 is 16.9 Å². The molecule has 10 nitrogen and oxygen atoms in total. The number of ether oxygens (including phenoxy) is 1. The third-order valence-electron chi connectivity index (χ3n) is 7.04. The van der Waals surface area contributed by atoms with Crippen molar-refractivity contribution in [2.45, 2.75) is 26.0 Å². The van der Waals surface area contributed by atoms with Gasteiger partial charge in [0.25, 0.3) is 5.69 Å². The molecule has 0 spiro atoms. The molecule has 1 fully saturated rings. The summed E-state index contributed by atoms with van der Waals surface area (Å²) in [6.45, 7) is 4.83. The second kappa shape index (κ2) is 11.4. The Morgan fingerprint density at radius 1 is 1.08 bits per heavy atom. The first-order valence-electron chi connectivity index (χ1n) is 12.7. The van der Waals surface area contributed by atoms with E-state index in [4.69, 9.17) is 9.73 Å². The van der Waals surface area contributed by atoms with Gasteiger partial charge in [-0.1, -0.05) is 42.1 Å². The van der Waals surface area contributed by atoms with E-state index in [0.717, 1.165) is 24.4 Å². The molecule has 0 bridgehead atoms. The van der Waals surface area contributed by atoms with Crippen LogP contribution in [0.25, 0.3) is 0 Å². The number of nitro benzene ring substituents is 1. The van der Waals surface area contributed by atoms with Gasteiger partial charge >= 0.3 is 5.97 Å². The number of amidine groups is 1. The number of thioether (sulfide) groups is 1. The Labute approximate surface area is 230 Å². The first-order valence-corrected chi connectivity index (χ1v) is 13.6. The first kappa shape index (κ1) is 26.6. The van der Waals surface area contributed by atoms with Gasteiger partial charge < -0.3 is 19.4 Å². The number of rotatable bonds is 7. The molecular formula is C28H29N5O5S. The van der Waals surface area contributed by atoms with Crippen LogP contribution >= 0.6 is 11.8 Å². The van der Waals surface area contributed by atoms with Gasteiger partial charge in [-0.05, 0) is 42.6 Å². The predicted octanol–water partition coefficient (Wildman–Crippen LogP) is 4.08. The smallest absolute Gasteiger partial charge is 0.338 e. The number of fused-ring (bicyclic) bond motifs is 1. The Morgan fingerprint density at radius 2 is 1.77 bits per heavy atom. The van der Waals surface area contributed by atoms with Crippen LogP contribution in [-0.4, -0.2) is 69.9 Å². The van der Waals surface area contributed by atoms with E-state index in [-0.39, 0.29) is 24.6 Å². The Bertz CT molecular complexity index is 1360. The Balaban J connectivity index is 1.45. The molecular weight excluding hydrogens is 518 g/mol. The van der Waals surface area contributed by atoms with Crippen LogP contribution in [0, 0.1) is 10.1 Å². The number of carbonyl (C=O) groups excluding carboxylic acids is 2. The van der Waals surface area contributed by atoms with Crippen LogP contribution in [0.3, 0.4) is 0 Å². The quantitative estimate of drug-likeness (QED) is 0.290. The molecule has 3 aliphatic rings. The molecule has 0 aliphatic carbocycles. The van der Waals surface area contributed by atoms with E-state index >= 15 is 0 Å². The number of hydrogen-bond donors (Lipinski definition) is 0. The van der Waals surface area contributed by atoms with Crippen LogP contribution < -0.4 is 0 Å². The lowest BCUT2D eigenvalue weighted by atomic mass is 9.93. The fourth-order valence-electron chi connectivity index (χ4n) is 4.85. The van der Waals surface area contributed by atoms with E-state index in [2.05, 4.69) is 4.90 Å². The van der Waals surface area contributed by atoms with E-state index in [0.29, 0.717) is 35.1 Å². The van der Waals surface area contributed by atoms with Gasteiger partial charge in [-0.3, -0.25) is 14.9 Å². The van der Waals surface area contributed by atoms with Crippen molar-refractivity contribution in [1.82, 2.24) is 14.7 Å². The molecule has 1 amide bonds. The van der Waals surface area contributed by atoms with Gasteiger partial charge in [0.1, 0.15) is 6.61 Å². The third kappa shape index (κ3) is 5.74.